The first kappa shape index (κ1) is 21.5. The Morgan fingerprint density at radius 3 is 2.41 bits per heavy atom. The van der Waals surface area contributed by atoms with Crippen molar-refractivity contribution in [2.45, 2.75) is 17.1 Å². The van der Waals surface area contributed by atoms with Crippen molar-refractivity contribution < 1.29 is 13.2 Å². The van der Waals surface area contributed by atoms with Gasteiger partial charge in [-0.05, 0) is 42.0 Å². The fourth-order valence-corrected chi connectivity index (χ4v) is 4.24. The molecule has 1 amide bonds. The molecule has 0 aliphatic heterocycles. The summed E-state index contributed by atoms with van der Waals surface area (Å²) in [5.41, 5.74) is 1.28. The second kappa shape index (κ2) is 10.5. The number of halogens is 1. The Hall–Kier alpha value is -1.80. The molecule has 0 atom stereocenters. The number of amides is 1. The lowest BCUT2D eigenvalue weighted by atomic mass is 10.2. The smallest absolute Gasteiger partial charge is 0.225 e. The minimum absolute atomic E-state index is 0.0931. The number of hydrogen-bond donors (Lipinski definition) is 2. The van der Waals surface area contributed by atoms with Crippen molar-refractivity contribution in [3.05, 3.63) is 71.8 Å². The van der Waals surface area contributed by atoms with Gasteiger partial charge in [0.25, 0.3) is 0 Å². The molecule has 2 rings (SSSR count). The van der Waals surface area contributed by atoms with Gasteiger partial charge in [-0.2, -0.15) is 0 Å². The average molecular weight is 425 g/mol. The Labute approximate surface area is 169 Å². The molecule has 0 radical (unpaired) electrons. The lowest BCUT2D eigenvalue weighted by molar-refractivity contribution is -0.115. The van der Waals surface area contributed by atoms with Crippen LogP contribution < -0.4 is 10.0 Å². The van der Waals surface area contributed by atoms with Crippen molar-refractivity contribution in [3.8, 4) is 0 Å². The van der Waals surface area contributed by atoms with E-state index in [0.29, 0.717) is 28.4 Å². The fraction of sp³-hybridized carbons (Fsp3) is 0.211. The summed E-state index contributed by atoms with van der Waals surface area (Å²) < 4.78 is 26.1. The van der Waals surface area contributed by atoms with E-state index in [-0.39, 0.29) is 18.2 Å². The van der Waals surface area contributed by atoms with Crippen molar-refractivity contribution in [2.75, 3.05) is 17.6 Å². The minimum atomic E-state index is -3.39. The molecule has 0 heterocycles. The van der Waals surface area contributed by atoms with E-state index in [1.807, 2.05) is 24.3 Å². The average Bonchev–Trinajstić information content (AvgIpc) is 2.63. The molecule has 0 unspecified atom stereocenters. The van der Waals surface area contributed by atoms with Gasteiger partial charge in [0.15, 0.2) is 0 Å². The zero-order valence-electron chi connectivity index (χ0n) is 14.7. The number of benzene rings is 2. The van der Waals surface area contributed by atoms with E-state index in [0.717, 1.165) is 4.90 Å². The van der Waals surface area contributed by atoms with Gasteiger partial charge >= 0.3 is 0 Å². The Kier molecular flexibility index (Phi) is 8.37. The molecule has 0 saturated heterocycles. The molecule has 144 valence electrons. The Balaban J connectivity index is 1.78. The summed E-state index contributed by atoms with van der Waals surface area (Å²) in [5, 5.41) is 3.49. The van der Waals surface area contributed by atoms with E-state index in [1.165, 1.54) is 6.08 Å². The van der Waals surface area contributed by atoms with Crippen LogP contribution >= 0.6 is 23.4 Å². The summed E-state index contributed by atoms with van der Waals surface area (Å²) in [7, 11) is -3.39. The number of sulfonamides is 1. The van der Waals surface area contributed by atoms with Gasteiger partial charge in [0.1, 0.15) is 0 Å². The maximum absolute atomic E-state index is 12.0. The van der Waals surface area contributed by atoms with Crippen LogP contribution in [0.2, 0.25) is 5.02 Å². The number of carbonyl (C=O) groups is 1. The highest BCUT2D eigenvalue weighted by atomic mass is 35.5. The number of anilines is 1. The van der Waals surface area contributed by atoms with Crippen LogP contribution in [0.15, 0.2) is 66.1 Å². The number of thioether (sulfide) groups is 1. The molecule has 0 aliphatic carbocycles. The minimum Gasteiger partial charge on any atom is -0.326 e. The molecule has 0 aromatic heterocycles. The van der Waals surface area contributed by atoms with Crippen molar-refractivity contribution in [1.82, 2.24) is 4.72 Å². The molecule has 8 heteroatoms. The van der Waals surface area contributed by atoms with Gasteiger partial charge in [0.2, 0.25) is 15.9 Å². The second-order valence-corrected chi connectivity index (χ2v) is 9.11. The van der Waals surface area contributed by atoms with Crippen LogP contribution in [0, 0.1) is 0 Å². The summed E-state index contributed by atoms with van der Waals surface area (Å²) in [6.45, 7) is 3.68. The van der Waals surface area contributed by atoms with Crippen LogP contribution in [-0.2, 0) is 20.6 Å². The van der Waals surface area contributed by atoms with E-state index in [1.54, 1.807) is 36.0 Å². The summed E-state index contributed by atoms with van der Waals surface area (Å²) in [4.78, 5) is 13.1. The van der Waals surface area contributed by atoms with Gasteiger partial charge < -0.3 is 5.32 Å². The molecule has 2 aromatic rings. The predicted molar refractivity (Wildman–Crippen MR) is 113 cm³/mol. The summed E-state index contributed by atoms with van der Waals surface area (Å²) in [6.07, 6.45) is 1.86. The summed E-state index contributed by atoms with van der Waals surface area (Å²) >= 11 is 7.42. The van der Waals surface area contributed by atoms with Crippen LogP contribution in [-0.4, -0.2) is 26.6 Å². The van der Waals surface area contributed by atoms with E-state index in [2.05, 4.69) is 16.6 Å². The number of carbonyl (C=O) groups excluding carboxylic acids is 1. The Bertz CT molecular complexity index is 867. The van der Waals surface area contributed by atoms with E-state index >= 15 is 0 Å². The quantitative estimate of drug-likeness (QED) is 0.445. The fourth-order valence-electron chi connectivity index (χ4n) is 2.16. The first-order valence-electron chi connectivity index (χ1n) is 8.23. The lowest BCUT2D eigenvalue weighted by Crippen LogP contribution is -2.25. The molecule has 0 spiro atoms. The van der Waals surface area contributed by atoms with Crippen LogP contribution in [0.3, 0.4) is 0 Å². The number of nitrogens with one attached hydrogen (secondary N) is 2. The van der Waals surface area contributed by atoms with E-state index < -0.39 is 10.0 Å². The van der Waals surface area contributed by atoms with Crippen LogP contribution in [0.1, 0.15) is 12.0 Å². The van der Waals surface area contributed by atoms with Crippen LogP contribution in [0.25, 0.3) is 0 Å². The highest BCUT2D eigenvalue weighted by Crippen LogP contribution is 2.21. The molecule has 0 aliphatic rings. The third-order valence-electron chi connectivity index (χ3n) is 3.45. The van der Waals surface area contributed by atoms with Crippen molar-refractivity contribution in [2.24, 2.45) is 0 Å². The molecular weight excluding hydrogens is 404 g/mol. The first-order chi connectivity index (χ1) is 12.9. The van der Waals surface area contributed by atoms with E-state index in [4.69, 9.17) is 11.6 Å². The van der Waals surface area contributed by atoms with Crippen LogP contribution in [0.4, 0.5) is 5.69 Å². The topological polar surface area (TPSA) is 75.3 Å². The molecule has 2 aromatic carbocycles. The first-order valence-corrected chi connectivity index (χ1v) is 11.2. The predicted octanol–water partition coefficient (Wildman–Crippen LogP) is 4.07. The zero-order chi connectivity index (χ0) is 19.7. The van der Waals surface area contributed by atoms with Gasteiger partial charge in [0, 0.05) is 34.3 Å². The molecular formula is C19H21ClN2O3S2. The molecule has 0 saturated carbocycles. The molecule has 2 N–H and O–H groups in total. The largest absolute Gasteiger partial charge is 0.326 e. The maximum atomic E-state index is 12.0. The van der Waals surface area contributed by atoms with Gasteiger partial charge in [-0.3, -0.25) is 4.79 Å². The monoisotopic (exact) mass is 424 g/mol. The SMILES string of the molecule is C=CCNS(=O)(=O)Cc1ccc(NC(=O)CCSc2ccc(Cl)cc2)cc1. The summed E-state index contributed by atoms with van der Waals surface area (Å²) in [5.74, 6) is 0.440. The molecule has 0 bridgehead atoms. The van der Waals surface area contributed by atoms with Gasteiger partial charge in [-0.1, -0.05) is 29.8 Å². The van der Waals surface area contributed by atoms with Gasteiger partial charge in [0.05, 0.1) is 5.75 Å². The standard InChI is InChI=1S/C19H21ClN2O3S2/c1-2-12-21-27(24,25)14-15-3-7-17(8-4-15)22-19(23)11-13-26-18-9-5-16(20)6-10-18/h2-10,21H,1,11-14H2,(H,22,23). The van der Waals surface area contributed by atoms with Crippen LogP contribution in [0.5, 0.6) is 0 Å². The van der Waals surface area contributed by atoms with Gasteiger partial charge in [-0.15, -0.1) is 18.3 Å². The normalized spacial score (nSPS) is 11.1. The van der Waals surface area contributed by atoms with E-state index in [9.17, 15) is 13.2 Å². The molecule has 5 nitrogen and oxygen atoms in total. The molecule has 27 heavy (non-hydrogen) atoms. The second-order valence-electron chi connectivity index (χ2n) is 5.69. The number of hydrogen-bond acceptors (Lipinski definition) is 4. The maximum Gasteiger partial charge on any atom is 0.225 e. The third kappa shape index (κ3) is 8.17. The lowest BCUT2D eigenvalue weighted by Gasteiger charge is -2.08. The van der Waals surface area contributed by atoms with Crippen molar-refractivity contribution >= 4 is 45.0 Å². The third-order valence-corrected chi connectivity index (χ3v) is 6.04. The zero-order valence-corrected chi connectivity index (χ0v) is 17.0. The molecule has 0 fully saturated rings. The highest BCUT2D eigenvalue weighted by Gasteiger charge is 2.10. The van der Waals surface area contributed by atoms with Crippen molar-refractivity contribution in [3.63, 3.8) is 0 Å². The summed E-state index contributed by atoms with van der Waals surface area (Å²) in [6, 6.07) is 14.2. The van der Waals surface area contributed by atoms with Crippen molar-refractivity contribution in [1.29, 1.82) is 0 Å². The Morgan fingerprint density at radius 1 is 1.11 bits per heavy atom. The van der Waals surface area contributed by atoms with Gasteiger partial charge in [-0.25, -0.2) is 13.1 Å². The Morgan fingerprint density at radius 2 is 1.78 bits per heavy atom. The highest BCUT2D eigenvalue weighted by molar-refractivity contribution is 7.99. The number of rotatable bonds is 10.